The van der Waals surface area contributed by atoms with Crippen molar-refractivity contribution in [3.63, 3.8) is 0 Å². The number of para-hydroxylation sites is 2. The van der Waals surface area contributed by atoms with Crippen molar-refractivity contribution in [2.75, 3.05) is 12.4 Å². The number of halogens is 1. The van der Waals surface area contributed by atoms with Gasteiger partial charge in [0.1, 0.15) is 11.5 Å². The van der Waals surface area contributed by atoms with Crippen LogP contribution in [0.4, 0.5) is 5.69 Å². The largest absolute Gasteiger partial charge is 0.504 e. The molecule has 0 fully saturated rings. The van der Waals surface area contributed by atoms with Gasteiger partial charge in [0.25, 0.3) is 0 Å². The molecule has 0 unspecified atom stereocenters. The quantitative estimate of drug-likeness (QED) is 0.264. The molecule has 146 valence electrons. The van der Waals surface area contributed by atoms with Crippen molar-refractivity contribution in [2.45, 2.75) is 6.54 Å². The van der Waals surface area contributed by atoms with Crippen molar-refractivity contribution in [3.8, 4) is 23.0 Å². The molecule has 0 bridgehead atoms. The van der Waals surface area contributed by atoms with Crippen molar-refractivity contribution in [3.05, 3.63) is 78.4 Å². The van der Waals surface area contributed by atoms with E-state index in [9.17, 15) is 5.11 Å². The number of phenols is 1. The van der Waals surface area contributed by atoms with E-state index in [4.69, 9.17) is 15.2 Å². The Bertz CT molecular complexity index is 933. The lowest BCUT2D eigenvalue weighted by molar-refractivity contribution is 0.370. The summed E-state index contributed by atoms with van der Waals surface area (Å²) in [4.78, 5) is 4.27. The minimum absolute atomic E-state index is 0. The van der Waals surface area contributed by atoms with Gasteiger partial charge in [0.15, 0.2) is 17.5 Å². The minimum Gasteiger partial charge on any atom is -0.504 e. The van der Waals surface area contributed by atoms with Crippen molar-refractivity contribution >= 4 is 35.6 Å². The molecule has 0 amide bonds. The highest BCUT2D eigenvalue weighted by Gasteiger charge is 2.07. The average molecular weight is 491 g/mol. The lowest BCUT2D eigenvalue weighted by Gasteiger charge is -2.10. The van der Waals surface area contributed by atoms with Crippen LogP contribution < -0.4 is 20.5 Å². The van der Waals surface area contributed by atoms with Gasteiger partial charge in [0, 0.05) is 17.3 Å². The molecule has 4 N–H and O–H groups in total. The van der Waals surface area contributed by atoms with Crippen LogP contribution in [-0.2, 0) is 6.54 Å². The number of methoxy groups -OCH3 is 1. The van der Waals surface area contributed by atoms with Gasteiger partial charge >= 0.3 is 0 Å². The zero-order valence-corrected chi connectivity index (χ0v) is 17.7. The molecule has 28 heavy (non-hydrogen) atoms. The number of guanidine groups is 1. The van der Waals surface area contributed by atoms with Crippen LogP contribution >= 0.6 is 24.0 Å². The summed E-state index contributed by atoms with van der Waals surface area (Å²) in [5, 5.41) is 13.1. The van der Waals surface area contributed by atoms with Crippen LogP contribution in [0.1, 0.15) is 5.56 Å². The Morgan fingerprint density at radius 2 is 1.71 bits per heavy atom. The van der Waals surface area contributed by atoms with E-state index in [-0.39, 0.29) is 42.2 Å². The molecule has 0 saturated carbocycles. The first-order chi connectivity index (χ1) is 13.2. The number of hydrogen-bond donors (Lipinski definition) is 3. The second kappa shape index (κ2) is 10.4. The molecule has 6 nitrogen and oxygen atoms in total. The summed E-state index contributed by atoms with van der Waals surface area (Å²) in [7, 11) is 1.50. The summed E-state index contributed by atoms with van der Waals surface area (Å²) >= 11 is 0. The van der Waals surface area contributed by atoms with Crippen LogP contribution in [0.2, 0.25) is 0 Å². The van der Waals surface area contributed by atoms with E-state index in [0.717, 1.165) is 11.4 Å². The monoisotopic (exact) mass is 491 g/mol. The number of anilines is 1. The highest BCUT2D eigenvalue weighted by molar-refractivity contribution is 14.0. The Kier molecular flexibility index (Phi) is 7.94. The third kappa shape index (κ3) is 5.78. The molecule has 0 aliphatic heterocycles. The lowest BCUT2D eigenvalue weighted by Crippen LogP contribution is -2.22. The van der Waals surface area contributed by atoms with E-state index in [1.165, 1.54) is 7.11 Å². The fourth-order valence-electron chi connectivity index (χ4n) is 2.48. The molecule has 0 heterocycles. The highest BCUT2D eigenvalue weighted by atomic mass is 127. The van der Waals surface area contributed by atoms with Gasteiger partial charge in [-0.05, 0) is 30.3 Å². The molecule has 7 heteroatoms. The summed E-state index contributed by atoms with van der Waals surface area (Å²) in [5.74, 6) is 2.14. The first kappa shape index (κ1) is 21.4. The number of phenolic OH excluding ortho intramolecular Hbond substituents is 1. The zero-order valence-electron chi connectivity index (χ0n) is 15.3. The smallest absolute Gasteiger partial charge is 0.193 e. The van der Waals surface area contributed by atoms with Gasteiger partial charge in [-0.1, -0.05) is 36.4 Å². The molecule has 0 aliphatic carbocycles. The molecule has 0 aromatic heterocycles. The van der Waals surface area contributed by atoms with Crippen molar-refractivity contribution < 1.29 is 14.6 Å². The molecular formula is C21H22IN3O3. The molecule has 0 aliphatic rings. The van der Waals surface area contributed by atoms with Crippen molar-refractivity contribution in [1.29, 1.82) is 0 Å². The first-order valence-electron chi connectivity index (χ1n) is 8.40. The molecule has 0 atom stereocenters. The van der Waals surface area contributed by atoms with E-state index in [1.807, 2.05) is 54.6 Å². The van der Waals surface area contributed by atoms with Crippen molar-refractivity contribution in [1.82, 2.24) is 0 Å². The Labute approximate surface area is 181 Å². The maximum Gasteiger partial charge on any atom is 0.193 e. The Hall–Kier alpha value is -2.94. The number of aromatic hydroxyl groups is 1. The van der Waals surface area contributed by atoms with Crippen LogP contribution in [0.25, 0.3) is 0 Å². The average Bonchev–Trinajstić information content (AvgIpc) is 2.68. The van der Waals surface area contributed by atoms with E-state index in [0.29, 0.717) is 17.1 Å². The van der Waals surface area contributed by atoms with Gasteiger partial charge < -0.3 is 25.6 Å². The lowest BCUT2D eigenvalue weighted by atomic mass is 10.2. The van der Waals surface area contributed by atoms with E-state index < -0.39 is 0 Å². The zero-order chi connectivity index (χ0) is 19.1. The van der Waals surface area contributed by atoms with E-state index in [1.54, 1.807) is 18.2 Å². The second-order valence-corrected chi connectivity index (χ2v) is 5.74. The van der Waals surface area contributed by atoms with Crippen LogP contribution in [0, 0.1) is 0 Å². The number of rotatable bonds is 6. The number of hydrogen-bond acceptors (Lipinski definition) is 4. The van der Waals surface area contributed by atoms with E-state index >= 15 is 0 Å². The number of ether oxygens (including phenoxy) is 2. The molecule has 0 spiro atoms. The maximum absolute atomic E-state index is 10.1. The maximum atomic E-state index is 10.1. The summed E-state index contributed by atoms with van der Waals surface area (Å²) in [6.45, 7) is 0.224. The molecule has 3 aromatic carbocycles. The predicted octanol–water partition coefficient (Wildman–Crippen LogP) is 4.74. The molecule has 3 aromatic rings. The molecule has 3 rings (SSSR count). The number of nitrogens with one attached hydrogen (secondary N) is 1. The fourth-order valence-corrected chi connectivity index (χ4v) is 2.48. The van der Waals surface area contributed by atoms with Gasteiger partial charge in [0.2, 0.25) is 0 Å². The summed E-state index contributed by atoms with van der Waals surface area (Å²) in [6, 6.07) is 22.2. The van der Waals surface area contributed by atoms with Gasteiger partial charge in [-0.2, -0.15) is 0 Å². The Morgan fingerprint density at radius 3 is 2.46 bits per heavy atom. The fraction of sp³-hybridized carbons (Fsp3) is 0.0952. The predicted molar refractivity (Wildman–Crippen MR) is 122 cm³/mol. The number of aliphatic imine (C=N–C) groups is 1. The van der Waals surface area contributed by atoms with Gasteiger partial charge in [-0.15, -0.1) is 24.0 Å². The minimum atomic E-state index is 0. The standard InChI is InChI=1S/C21H21N3O3.HI/c1-26-19-12-5-7-15(20(19)25)14-23-21(22)24-16-8-6-11-18(13-16)27-17-9-3-2-4-10-17;/h2-13,25H,14H2,1H3,(H3,22,23,24);1H. The van der Waals surface area contributed by atoms with Gasteiger partial charge in [0.05, 0.1) is 13.7 Å². The molecule has 0 radical (unpaired) electrons. The number of nitrogens with zero attached hydrogens (tertiary/aromatic N) is 1. The molecular weight excluding hydrogens is 469 g/mol. The summed E-state index contributed by atoms with van der Waals surface area (Å²) in [5.41, 5.74) is 7.34. The summed E-state index contributed by atoms with van der Waals surface area (Å²) in [6.07, 6.45) is 0. The highest BCUT2D eigenvalue weighted by Crippen LogP contribution is 2.29. The van der Waals surface area contributed by atoms with Crippen LogP contribution in [0.5, 0.6) is 23.0 Å². The Balaban J connectivity index is 0.00000280. The van der Waals surface area contributed by atoms with Gasteiger partial charge in [-0.3, -0.25) is 0 Å². The normalized spacial score (nSPS) is 10.7. The summed E-state index contributed by atoms with van der Waals surface area (Å²) < 4.78 is 10.9. The topological polar surface area (TPSA) is 89.1 Å². The third-order valence-electron chi connectivity index (χ3n) is 3.81. The SMILES string of the molecule is COc1cccc(CN=C(N)Nc2cccc(Oc3ccccc3)c2)c1O.I. The number of nitrogens with two attached hydrogens (primary N) is 1. The van der Waals surface area contributed by atoms with Crippen molar-refractivity contribution in [2.24, 2.45) is 10.7 Å². The Morgan fingerprint density at radius 1 is 1.00 bits per heavy atom. The van der Waals surface area contributed by atoms with Gasteiger partial charge in [-0.25, -0.2) is 4.99 Å². The molecule has 0 saturated heterocycles. The van der Waals surface area contributed by atoms with E-state index in [2.05, 4.69) is 10.3 Å². The number of benzene rings is 3. The van der Waals surface area contributed by atoms with Crippen LogP contribution in [0.3, 0.4) is 0 Å². The first-order valence-corrected chi connectivity index (χ1v) is 8.40. The van der Waals surface area contributed by atoms with Crippen LogP contribution in [0.15, 0.2) is 77.8 Å². The third-order valence-corrected chi connectivity index (χ3v) is 3.81. The van der Waals surface area contributed by atoms with Crippen LogP contribution in [-0.4, -0.2) is 18.2 Å². The second-order valence-electron chi connectivity index (χ2n) is 5.74.